The summed E-state index contributed by atoms with van der Waals surface area (Å²) in [6.45, 7) is 2.20. The molecule has 2 aliphatic rings. The minimum atomic E-state index is -5.16. The second-order valence-electron chi connectivity index (χ2n) is 10.7. The summed E-state index contributed by atoms with van der Waals surface area (Å²) in [6.07, 6.45) is -2.90. The molecule has 1 heterocycles. The first-order valence-electron chi connectivity index (χ1n) is 12.8. The van der Waals surface area contributed by atoms with Crippen LogP contribution in [0, 0.1) is 17.7 Å². The Balaban J connectivity index is 1.61. The number of carbonyl (C=O) groups is 1. The van der Waals surface area contributed by atoms with Crippen molar-refractivity contribution < 1.29 is 39.7 Å². The molecule has 5 rings (SSSR count). The van der Waals surface area contributed by atoms with E-state index in [0.29, 0.717) is 24.5 Å². The van der Waals surface area contributed by atoms with Crippen molar-refractivity contribution in [2.24, 2.45) is 11.8 Å². The Labute approximate surface area is 227 Å². The minimum absolute atomic E-state index is 0.0653. The number of hydrogen-bond acceptors (Lipinski definition) is 5. The topological polar surface area (TPSA) is 89.3 Å². The van der Waals surface area contributed by atoms with Crippen molar-refractivity contribution >= 4 is 15.7 Å². The second kappa shape index (κ2) is 9.67. The first-order chi connectivity index (χ1) is 18.7. The zero-order chi connectivity index (χ0) is 29.1. The molecule has 0 spiro atoms. The average molecular weight is 583 g/mol. The van der Waals surface area contributed by atoms with Gasteiger partial charge >= 0.3 is 6.18 Å². The molecule has 2 aliphatic carbocycles. The number of benzene rings is 2. The van der Waals surface area contributed by atoms with Gasteiger partial charge in [-0.1, -0.05) is 23.4 Å². The summed E-state index contributed by atoms with van der Waals surface area (Å²) in [7, 11) is -4.23. The molecule has 0 saturated heterocycles. The van der Waals surface area contributed by atoms with E-state index in [1.54, 1.807) is 6.92 Å². The van der Waals surface area contributed by atoms with E-state index < -0.39 is 55.7 Å². The Hall–Kier alpha value is -3.28. The molecule has 3 aromatic rings. The number of halogens is 5. The maximum atomic E-state index is 14.9. The highest BCUT2D eigenvalue weighted by molar-refractivity contribution is 7.92. The van der Waals surface area contributed by atoms with Crippen molar-refractivity contribution in [3.63, 3.8) is 0 Å². The largest absolute Gasteiger partial charge is 0.426 e. The van der Waals surface area contributed by atoms with Crippen LogP contribution >= 0.6 is 0 Å². The highest BCUT2D eigenvalue weighted by Gasteiger charge is 2.61. The lowest BCUT2D eigenvalue weighted by atomic mass is 9.71. The molecule has 5 atom stereocenters. The number of rotatable bonds is 6. The van der Waals surface area contributed by atoms with Crippen LogP contribution in [0.25, 0.3) is 0 Å². The van der Waals surface area contributed by atoms with Gasteiger partial charge in [0.25, 0.3) is 5.91 Å². The van der Waals surface area contributed by atoms with E-state index in [9.17, 15) is 35.2 Å². The molecule has 0 radical (unpaired) electrons. The van der Waals surface area contributed by atoms with Crippen LogP contribution in [0.15, 0.2) is 64.2 Å². The van der Waals surface area contributed by atoms with Gasteiger partial charge < -0.3 is 9.84 Å². The molecular formula is C28H27F5N2O4S. The number of sulfone groups is 1. The van der Waals surface area contributed by atoms with Crippen LogP contribution < -0.4 is 5.32 Å². The molecule has 1 fully saturated rings. The molecule has 0 aliphatic heterocycles. The first-order valence-corrected chi connectivity index (χ1v) is 14.3. The maximum absolute atomic E-state index is 14.9. The zero-order valence-corrected chi connectivity index (χ0v) is 22.5. The molecule has 1 amide bonds. The third-order valence-corrected chi connectivity index (χ3v) is 11.2. The van der Waals surface area contributed by atoms with Crippen molar-refractivity contribution in [2.75, 3.05) is 0 Å². The lowest BCUT2D eigenvalue weighted by Crippen LogP contribution is -2.48. The first kappa shape index (κ1) is 28.3. The van der Waals surface area contributed by atoms with Crippen molar-refractivity contribution in [3.8, 4) is 0 Å². The molecule has 214 valence electrons. The predicted molar refractivity (Wildman–Crippen MR) is 134 cm³/mol. The summed E-state index contributed by atoms with van der Waals surface area (Å²) in [6, 6.07) is 8.74. The molecule has 1 N–H and O–H groups in total. The number of fused-ring (bicyclic) bond motifs is 3. The van der Waals surface area contributed by atoms with E-state index in [0.717, 1.165) is 24.3 Å². The van der Waals surface area contributed by atoms with Gasteiger partial charge in [0.15, 0.2) is 15.5 Å². The van der Waals surface area contributed by atoms with Crippen LogP contribution in [0.2, 0.25) is 0 Å². The fourth-order valence-electron chi connectivity index (χ4n) is 6.49. The van der Waals surface area contributed by atoms with Gasteiger partial charge in [-0.05, 0) is 92.3 Å². The number of nitrogens with one attached hydrogen (secondary N) is 1. The maximum Gasteiger partial charge on any atom is 0.426 e. The number of carbonyl (C=O) groups excluding carboxylic acids is 1. The molecule has 2 aromatic carbocycles. The van der Waals surface area contributed by atoms with Crippen molar-refractivity contribution in [3.05, 3.63) is 83.0 Å². The summed E-state index contributed by atoms with van der Waals surface area (Å²) in [5.74, 6) is -1.96. The molecule has 6 nitrogen and oxygen atoms in total. The zero-order valence-electron chi connectivity index (χ0n) is 21.6. The van der Waals surface area contributed by atoms with E-state index in [1.165, 1.54) is 30.5 Å². The number of aromatic nitrogens is 1. The molecule has 1 saturated carbocycles. The fraction of sp³-hybridized carbons (Fsp3) is 0.429. The lowest BCUT2D eigenvalue weighted by molar-refractivity contribution is -0.228. The Morgan fingerprint density at radius 3 is 2.42 bits per heavy atom. The van der Waals surface area contributed by atoms with Gasteiger partial charge in [0, 0.05) is 12.1 Å². The lowest BCUT2D eigenvalue weighted by Gasteiger charge is -2.43. The second-order valence-corrected chi connectivity index (χ2v) is 12.9. The Bertz CT molecular complexity index is 1520. The van der Waals surface area contributed by atoms with E-state index in [1.807, 2.05) is 0 Å². The van der Waals surface area contributed by atoms with Crippen molar-refractivity contribution in [1.82, 2.24) is 10.5 Å². The standard InChI is InChI=1S/C28H27F5N2O4S/c1-16(34-25(36)24-12-14-39-35-24)21-11-13-27(40(37,38)20-7-5-19(29)6-8-20)22-10-4-18(26(2,30)28(31,32)33)15-17(22)3-9-23(21)27/h4-8,10,12,14-16,21,23H,3,9,11,13H2,1-2H3,(H,34,36)/t16?,21-,23-,26?,27+/m0/s1. The third kappa shape index (κ3) is 4.31. The Morgan fingerprint density at radius 1 is 1.10 bits per heavy atom. The molecule has 0 bridgehead atoms. The Morgan fingerprint density at radius 2 is 1.80 bits per heavy atom. The SMILES string of the molecule is CC(NC(=O)c1ccon1)[C@@H]1CC[C@@]2(S(=O)(=O)c3ccc(F)cc3)c3ccc(C(C)(F)C(F)(F)F)cc3CC[C@@H]12. The molecule has 12 heteroatoms. The predicted octanol–water partition coefficient (Wildman–Crippen LogP) is 6.02. The summed E-state index contributed by atoms with van der Waals surface area (Å²) >= 11 is 0. The van der Waals surface area contributed by atoms with E-state index >= 15 is 0 Å². The van der Waals surface area contributed by atoms with Gasteiger partial charge in [0.05, 0.1) is 4.90 Å². The van der Waals surface area contributed by atoms with Crippen molar-refractivity contribution in [2.45, 2.75) is 67.1 Å². The van der Waals surface area contributed by atoms with Crippen LogP contribution in [0.1, 0.15) is 60.3 Å². The van der Waals surface area contributed by atoms with Gasteiger partial charge in [0.1, 0.15) is 16.8 Å². The Kier molecular flexibility index (Phi) is 6.83. The van der Waals surface area contributed by atoms with Gasteiger partial charge in [-0.15, -0.1) is 0 Å². The molecule has 40 heavy (non-hydrogen) atoms. The third-order valence-electron chi connectivity index (χ3n) is 8.60. The van der Waals surface area contributed by atoms with Gasteiger partial charge in [-0.25, -0.2) is 17.2 Å². The minimum Gasteiger partial charge on any atom is -0.364 e. The smallest absolute Gasteiger partial charge is 0.364 e. The van der Waals surface area contributed by atoms with Gasteiger partial charge in [-0.2, -0.15) is 13.2 Å². The number of alkyl halides is 4. The monoisotopic (exact) mass is 582 g/mol. The fourth-order valence-corrected chi connectivity index (χ4v) is 8.97. The van der Waals surface area contributed by atoms with Crippen LogP contribution in [0.3, 0.4) is 0 Å². The van der Waals surface area contributed by atoms with E-state index in [-0.39, 0.29) is 35.8 Å². The van der Waals surface area contributed by atoms with Crippen LogP contribution in [0.4, 0.5) is 22.0 Å². The average Bonchev–Trinajstić information content (AvgIpc) is 3.57. The molecule has 2 unspecified atom stereocenters. The van der Waals surface area contributed by atoms with Crippen molar-refractivity contribution in [1.29, 1.82) is 0 Å². The number of aryl methyl sites for hydroxylation is 1. The molecular weight excluding hydrogens is 555 g/mol. The van der Waals surface area contributed by atoms with Gasteiger partial charge in [-0.3, -0.25) is 4.79 Å². The van der Waals surface area contributed by atoms with Crippen LogP contribution in [-0.4, -0.2) is 31.7 Å². The summed E-state index contributed by atoms with van der Waals surface area (Å²) in [5, 5.41) is 6.49. The summed E-state index contributed by atoms with van der Waals surface area (Å²) < 4.78 is 101. The van der Waals surface area contributed by atoms with Crippen LogP contribution in [0.5, 0.6) is 0 Å². The van der Waals surface area contributed by atoms with E-state index in [2.05, 4.69) is 10.5 Å². The van der Waals surface area contributed by atoms with E-state index in [4.69, 9.17) is 4.52 Å². The van der Waals surface area contributed by atoms with Crippen LogP contribution in [-0.2, 0) is 26.7 Å². The number of amides is 1. The molecule has 1 aromatic heterocycles. The highest BCUT2D eigenvalue weighted by atomic mass is 32.2. The number of hydrogen-bond donors (Lipinski definition) is 1. The summed E-state index contributed by atoms with van der Waals surface area (Å²) in [5.41, 5.74) is -3.52. The van der Waals surface area contributed by atoms with Gasteiger partial charge in [0.2, 0.25) is 5.67 Å². The highest BCUT2D eigenvalue weighted by Crippen LogP contribution is 2.60. The summed E-state index contributed by atoms with van der Waals surface area (Å²) in [4.78, 5) is 12.5. The normalized spacial score (nSPS) is 25.0. The number of nitrogens with zero attached hydrogens (tertiary/aromatic N) is 1. The quantitative estimate of drug-likeness (QED) is 0.284.